The van der Waals surface area contributed by atoms with Crippen LogP contribution in [0.3, 0.4) is 0 Å². The summed E-state index contributed by atoms with van der Waals surface area (Å²) in [7, 11) is 7.32. The standard InChI is InChI=1S/C46H73N5O9/c1-13-14-21-36-46(8)40(51(44(55)60-46)49-23-17-18-32-22-24-48-34-20-16-15-19-33(32)34)29(4)37(47-9)27(2)26-45(7,56-12)41(30(5)38(52)31(6)42(54)58-36)59-43-39(53)35(50(10)11)25-28(3)57-43/h15-16,19-20,22,24,27-31,35-37,39-41,43,47,49,53H,13-14,17-18,21,23,25-26H2,1-12H3/t27-,28-,29+,30+,31-,35+,36-,37?,39-,40?,41-,43?,45+,46-/m1/s1. The van der Waals surface area contributed by atoms with E-state index in [9.17, 15) is 19.5 Å². The zero-order chi connectivity index (χ0) is 44.1. The van der Waals surface area contributed by atoms with Gasteiger partial charge in [0.05, 0.1) is 29.4 Å². The number of rotatable bonds is 13. The first-order valence-corrected chi connectivity index (χ1v) is 22.1. The van der Waals surface area contributed by atoms with Gasteiger partial charge in [-0.1, -0.05) is 52.3 Å². The van der Waals surface area contributed by atoms with Gasteiger partial charge in [0, 0.05) is 43.2 Å². The Morgan fingerprint density at radius 2 is 1.77 bits per heavy atom. The van der Waals surface area contributed by atoms with Crippen LogP contribution in [-0.2, 0) is 39.7 Å². The summed E-state index contributed by atoms with van der Waals surface area (Å²) >= 11 is 0. The number of fused-ring (bicyclic) bond motifs is 2. The number of aryl methyl sites for hydroxylation is 1. The number of para-hydroxylation sites is 1. The average molecular weight is 840 g/mol. The lowest BCUT2D eigenvalue weighted by molar-refractivity contribution is -0.295. The molecule has 1 aromatic heterocycles. The minimum Gasteiger partial charge on any atom is -0.457 e. The molecule has 0 aliphatic carbocycles. The van der Waals surface area contributed by atoms with Gasteiger partial charge >= 0.3 is 12.1 Å². The van der Waals surface area contributed by atoms with E-state index in [1.807, 2.05) is 77.3 Å². The molecule has 0 spiro atoms. The summed E-state index contributed by atoms with van der Waals surface area (Å²) in [6.07, 6.45) is 1.73. The molecule has 1 aromatic carbocycles. The average Bonchev–Trinajstić information content (AvgIpc) is 3.48. The van der Waals surface area contributed by atoms with Crippen molar-refractivity contribution >= 4 is 28.7 Å². The van der Waals surface area contributed by atoms with Crippen LogP contribution in [-0.4, -0.2) is 133 Å². The number of carbonyl (C=O) groups is 3. The minimum absolute atomic E-state index is 0.118. The van der Waals surface area contributed by atoms with E-state index in [2.05, 4.69) is 42.6 Å². The highest BCUT2D eigenvalue weighted by Crippen LogP contribution is 2.44. The molecule has 3 N–H and O–H groups in total. The minimum atomic E-state index is -1.27. The molecule has 14 nitrogen and oxygen atoms in total. The largest absolute Gasteiger partial charge is 0.457 e. The summed E-state index contributed by atoms with van der Waals surface area (Å²) < 4.78 is 32.1. The Hall–Kier alpha value is -3.24. The third-order valence-electron chi connectivity index (χ3n) is 13.8. The SMILES string of the molecule is CCCC[C@H]1OC(=O)[C@H](C)C(=O)[C@H](C)[C@@H](OC2O[C@H](C)C[C@H](N(C)C)[C@H]2O)[C@@](C)(OC)C[C@@H](C)C(NC)[C@H](C)C2N(NCCCc3ccnc4ccccc34)C(=O)O[C@@]21C. The zero-order valence-corrected chi connectivity index (χ0v) is 38.1. The maximum atomic E-state index is 14.5. The third-order valence-corrected chi connectivity index (χ3v) is 13.8. The van der Waals surface area contributed by atoms with E-state index in [4.69, 9.17) is 23.7 Å². The molecule has 4 heterocycles. The highest BCUT2D eigenvalue weighted by atomic mass is 16.7. The van der Waals surface area contributed by atoms with Crippen LogP contribution in [0.15, 0.2) is 36.5 Å². The number of hydrogen-bond donors (Lipinski definition) is 3. The van der Waals surface area contributed by atoms with E-state index < -0.39 is 65.7 Å². The monoisotopic (exact) mass is 840 g/mol. The van der Waals surface area contributed by atoms with Crippen molar-refractivity contribution in [1.29, 1.82) is 0 Å². The van der Waals surface area contributed by atoms with Crippen molar-refractivity contribution < 1.29 is 43.2 Å². The predicted octanol–water partition coefficient (Wildman–Crippen LogP) is 5.68. The number of Topliss-reactive ketones (excluding diaryl/α,β-unsaturated/α-hetero) is 1. The fraction of sp³-hybridized carbons (Fsp3) is 0.739. The van der Waals surface area contributed by atoms with Gasteiger partial charge in [0.2, 0.25) is 0 Å². The lowest BCUT2D eigenvalue weighted by atomic mass is 9.71. The number of ether oxygens (including phenoxy) is 5. The normalized spacial score (nSPS) is 37.2. The van der Waals surface area contributed by atoms with Crippen molar-refractivity contribution in [3.05, 3.63) is 42.1 Å². The van der Waals surface area contributed by atoms with Gasteiger partial charge in [-0.2, -0.15) is 0 Å². The Morgan fingerprint density at radius 1 is 1.05 bits per heavy atom. The van der Waals surface area contributed by atoms with Crippen LogP contribution >= 0.6 is 0 Å². The molecule has 3 saturated heterocycles. The first-order chi connectivity index (χ1) is 28.4. The number of nitrogens with one attached hydrogen (secondary N) is 2. The number of aliphatic hydroxyl groups excluding tert-OH is 1. The number of ketones is 1. The summed E-state index contributed by atoms with van der Waals surface area (Å²) in [5, 5.41) is 17.8. The van der Waals surface area contributed by atoms with Crippen LogP contribution < -0.4 is 10.7 Å². The molecule has 2 aromatic rings. The number of likely N-dealkylation sites (N-methyl/N-ethyl adjacent to an activating group) is 1. The summed E-state index contributed by atoms with van der Waals surface area (Å²) in [5.41, 5.74) is 3.19. The van der Waals surface area contributed by atoms with Crippen LogP contribution in [0, 0.1) is 23.7 Å². The van der Waals surface area contributed by atoms with Gasteiger partial charge in [0.25, 0.3) is 0 Å². The van der Waals surface area contributed by atoms with Crippen LogP contribution in [0.1, 0.15) is 99.5 Å². The molecular weight excluding hydrogens is 767 g/mol. The number of nitrogens with zero attached hydrogens (tertiary/aromatic N) is 3. The Balaban J connectivity index is 1.52. The molecule has 60 heavy (non-hydrogen) atoms. The molecule has 3 fully saturated rings. The maximum Gasteiger partial charge on any atom is 0.425 e. The van der Waals surface area contributed by atoms with Crippen molar-refractivity contribution in [3.8, 4) is 0 Å². The second kappa shape index (κ2) is 20.3. The molecule has 5 rings (SSSR count). The molecule has 14 heteroatoms. The first-order valence-electron chi connectivity index (χ1n) is 22.1. The smallest absolute Gasteiger partial charge is 0.425 e. The lowest BCUT2D eigenvalue weighted by Gasteiger charge is -2.48. The van der Waals surface area contributed by atoms with E-state index in [0.717, 1.165) is 30.2 Å². The van der Waals surface area contributed by atoms with Crippen molar-refractivity contribution in [1.82, 2.24) is 25.6 Å². The number of esters is 1. The summed E-state index contributed by atoms with van der Waals surface area (Å²) in [6, 6.07) is 9.05. The number of amides is 1. The summed E-state index contributed by atoms with van der Waals surface area (Å²) in [6.45, 7) is 15.8. The molecular formula is C46H73N5O9. The Kier molecular flexibility index (Phi) is 16.2. The van der Waals surface area contributed by atoms with Crippen molar-refractivity contribution in [2.45, 2.75) is 160 Å². The van der Waals surface area contributed by atoms with Gasteiger partial charge in [-0.05, 0) is 117 Å². The zero-order valence-electron chi connectivity index (χ0n) is 38.1. The molecule has 3 aliphatic rings. The third kappa shape index (κ3) is 10.0. The van der Waals surface area contributed by atoms with E-state index in [1.165, 1.54) is 5.56 Å². The van der Waals surface area contributed by atoms with E-state index >= 15 is 0 Å². The fourth-order valence-electron chi connectivity index (χ4n) is 10.4. The first kappa shape index (κ1) is 47.8. The molecule has 14 atom stereocenters. The van der Waals surface area contributed by atoms with Gasteiger partial charge in [0.15, 0.2) is 17.7 Å². The second-order valence-electron chi connectivity index (χ2n) is 18.3. The van der Waals surface area contributed by atoms with Crippen LogP contribution in [0.25, 0.3) is 10.9 Å². The van der Waals surface area contributed by atoms with E-state index in [1.54, 1.807) is 26.0 Å². The highest BCUT2D eigenvalue weighted by molar-refractivity contribution is 6.00. The Morgan fingerprint density at radius 3 is 2.43 bits per heavy atom. The van der Waals surface area contributed by atoms with Crippen molar-refractivity contribution in [2.75, 3.05) is 34.8 Å². The van der Waals surface area contributed by atoms with Crippen LogP contribution in [0.2, 0.25) is 0 Å². The second-order valence-corrected chi connectivity index (χ2v) is 18.3. The van der Waals surface area contributed by atoms with Crippen molar-refractivity contribution in [2.24, 2.45) is 23.7 Å². The number of hydrogen-bond acceptors (Lipinski definition) is 13. The highest BCUT2D eigenvalue weighted by Gasteiger charge is 2.61. The number of benzene rings is 1. The topological polar surface area (TPSA) is 161 Å². The lowest BCUT2D eigenvalue weighted by Crippen LogP contribution is -2.63. The number of aliphatic hydroxyl groups is 1. The molecule has 0 radical (unpaired) electrons. The Labute approximate surface area is 357 Å². The molecule has 0 bridgehead atoms. The maximum absolute atomic E-state index is 14.5. The fourth-order valence-corrected chi connectivity index (χ4v) is 10.4. The molecule has 3 aliphatic heterocycles. The van der Waals surface area contributed by atoms with Gasteiger partial charge in [-0.3, -0.25) is 14.6 Å². The number of methoxy groups -OCH3 is 1. The molecule has 336 valence electrons. The summed E-state index contributed by atoms with van der Waals surface area (Å²) in [5.74, 6) is -3.50. The van der Waals surface area contributed by atoms with Crippen LogP contribution in [0.4, 0.5) is 4.79 Å². The number of hydrazine groups is 1. The van der Waals surface area contributed by atoms with E-state index in [0.29, 0.717) is 32.2 Å². The summed E-state index contributed by atoms with van der Waals surface area (Å²) in [4.78, 5) is 49.4. The van der Waals surface area contributed by atoms with Crippen molar-refractivity contribution in [3.63, 3.8) is 0 Å². The number of cyclic esters (lactones) is 1. The molecule has 3 unspecified atom stereocenters. The van der Waals surface area contributed by atoms with E-state index in [-0.39, 0.29) is 35.8 Å². The number of unbranched alkanes of at least 4 members (excludes halogenated alkanes) is 1. The number of pyridine rings is 1. The quantitative estimate of drug-likeness (QED) is 0.129. The number of aromatic nitrogens is 1. The molecule has 1 amide bonds. The predicted molar refractivity (Wildman–Crippen MR) is 230 cm³/mol. The van der Waals surface area contributed by atoms with Gasteiger partial charge in [-0.15, -0.1) is 0 Å². The molecule has 0 saturated carbocycles. The van der Waals surface area contributed by atoms with Crippen LogP contribution in [0.5, 0.6) is 0 Å². The Bertz CT molecular complexity index is 1760. The number of carbonyl (C=O) groups excluding carboxylic acids is 3. The van der Waals surface area contributed by atoms with Gasteiger partial charge in [-0.25, -0.2) is 15.2 Å². The van der Waals surface area contributed by atoms with Gasteiger partial charge < -0.3 is 39.0 Å². The van der Waals surface area contributed by atoms with Gasteiger partial charge in [0.1, 0.15) is 18.1 Å².